The van der Waals surface area contributed by atoms with Gasteiger partial charge in [0.15, 0.2) is 6.10 Å². The summed E-state index contributed by atoms with van der Waals surface area (Å²) in [5.74, 6) is -1.06. The third-order valence-corrected chi connectivity index (χ3v) is 1.29. The molecule has 56 valence electrons. The van der Waals surface area contributed by atoms with Gasteiger partial charge >= 0.3 is 5.97 Å². The molecule has 0 bridgehead atoms. The van der Waals surface area contributed by atoms with Crippen LogP contribution in [-0.2, 0) is 9.63 Å². The highest BCUT2D eigenvalue weighted by molar-refractivity contribution is 5.75. The van der Waals surface area contributed by atoms with E-state index in [0.29, 0.717) is 6.42 Å². The van der Waals surface area contributed by atoms with Crippen molar-refractivity contribution in [3.8, 4) is 0 Å². The molecule has 3 N–H and O–H groups in total. The number of aliphatic carboxylic acids is 1. The first-order valence-corrected chi connectivity index (χ1v) is 2.88. The van der Waals surface area contributed by atoms with Crippen molar-refractivity contribution >= 4 is 12.2 Å². The van der Waals surface area contributed by atoms with E-state index in [1.807, 2.05) is 0 Å². The first kappa shape index (κ1) is 7.01. The van der Waals surface area contributed by atoms with Crippen LogP contribution in [0.1, 0.15) is 6.42 Å². The first-order valence-electron chi connectivity index (χ1n) is 2.88. The van der Waals surface area contributed by atoms with Crippen molar-refractivity contribution in [2.24, 2.45) is 10.9 Å². The van der Waals surface area contributed by atoms with Gasteiger partial charge in [-0.3, -0.25) is 4.79 Å². The Labute approximate surface area is 57.5 Å². The summed E-state index contributed by atoms with van der Waals surface area (Å²) in [7, 11) is 0. The summed E-state index contributed by atoms with van der Waals surface area (Å²) in [4.78, 5) is 14.9. The van der Waals surface area contributed by atoms with Gasteiger partial charge < -0.3 is 15.7 Å². The monoisotopic (exact) mass is 144 g/mol. The SMILES string of the molecule is N[C@H](C(=O)O)[C@H]1CC=NO1. The minimum atomic E-state index is -1.06. The Balaban J connectivity index is 2.42. The Hall–Kier alpha value is -1.10. The number of carboxylic acid groups (broad SMARTS) is 1. The van der Waals surface area contributed by atoms with Crippen molar-refractivity contribution in [3.05, 3.63) is 0 Å². The van der Waals surface area contributed by atoms with E-state index >= 15 is 0 Å². The van der Waals surface area contributed by atoms with Crippen LogP contribution >= 0.6 is 0 Å². The van der Waals surface area contributed by atoms with Crippen LogP contribution in [0.25, 0.3) is 0 Å². The molecule has 0 unspecified atom stereocenters. The standard InChI is InChI=1S/C5H8N2O3/c6-4(5(8)9)3-1-2-7-10-3/h2-4H,1,6H2,(H,8,9)/t3-,4+/m1/s1. The summed E-state index contributed by atoms with van der Waals surface area (Å²) in [6.45, 7) is 0. The van der Waals surface area contributed by atoms with Crippen LogP contribution in [0.5, 0.6) is 0 Å². The molecular weight excluding hydrogens is 136 g/mol. The topological polar surface area (TPSA) is 84.9 Å². The zero-order valence-electron chi connectivity index (χ0n) is 5.23. The van der Waals surface area contributed by atoms with Crippen molar-refractivity contribution in [2.75, 3.05) is 0 Å². The molecule has 0 aromatic carbocycles. The molecule has 2 atom stereocenters. The van der Waals surface area contributed by atoms with Crippen LogP contribution < -0.4 is 5.73 Å². The molecule has 0 spiro atoms. The van der Waals surface area contributed by atoms with E-state index in [1.54, 1.807) is 0 Å². The maximum Gasteiger partial charge on any atom is 0.324 e. The van der Waals surface area contributed by atoms with Crippen LogP contribution in [0.15, 0.2) is 5.16 Å². The lowest BCUT2D eigenvalue weighted by atomic mass is 10.1. The molecule has 10 heavy (non-hydrogen) atoms. The number of hydrogen-bond donors (Lipinski definition) is 2. The largest absolute Gasteiger partial charge is 0.480 e. The second kappa shape index (κ2) is 2.66. The zero-order chi connectivity index (χ0) is 7.56. The summed E-state index contributed by atoms with van der Waals surface area (Å²) >= 11 is 0. The highest BCUT2D eigenvalue weighted by Crippen LogP contribution is 2.07. The van der Waals surface area contributed by atoms with Crippen LogP contribution in [0.3, 0.4) is 0 Å². The average Bonchev–Trinajstić information content (AvgIpc) is 2.36. The predicted octanol–water partition coefficient (Wildman–Crippen LogP) is -0.827. The second-order valence-electron chi connectivity index (χ2n) is 2.03. The van der Waals surface area contributed by atoms with Gasteiger partial charge in [-0.15, -0.1) is 0 Å². The lowest BCUT2D eigenvalue weighted by molar-refractivity contribution is -0.141. The van der Waals surface area contributed by atoms with Gasteiger partial charge in [0, 0.05) is 12.6 Å². The lowest BCUT2D eigenvalue weighted by Crippen LogP contribution is -2.41. The molecule has 0 amide bonds. The number of hydrogen-bond acceptors (Lipinski definition) is 4. The Morgan fingerprint density at radius 3 is 3.10 bits per heavy atom. The summed E-state index contributed by atoms with van der Waals surface area (Å²) in [6.07, 6.45) is 1.50. The molecular formula is C5H8N2O3. The van der Waals surface area contributed by atoms with E-state index in [9.17, 15) is 4.79 Å². The molecule has 0 aromatic heterocycles. The molecule has 0 aromatic rings. The van der Waals surface area contributed by atoms with Gasteiger partial charge in [-0.25, -0.2) is 0 Å². The average molecular weight is 144 g/mol. The maximum absolute atomic E-state index is 10.2. The lowest BCUT2D eigenvalue weighted by Gasteiger charge is -2.11. The van der Waals surface area contributed by atoms with E-state index in [4.69, 9.17) is 10.8 Å². The maximum atomic E-state index is 10.2. The second-order valence-corrected chi connectivity index (χ2v) is 2.03. The molecule has 1 aliphatic rings. The van der Waals surface area contributed by atoms with Crippen LogP contribution in [0.2, 0.25) is 0 Å². The van der Waals surface area contributed by atoms with Crippen molar-refractivity contribution in [1.82, 2.24) is 0 Å². The quantitative estimate of drug-likeness (QED) is 0.529. The van der Waals surface area contributed by atoms with Crippen molar-refractivity contribution in [1.29, 1.82) is 0 Å². The fourth-order valence-electron chi connectivity index (χ4n) is 0.682. The van der Waals surface area contributed by atoms with Gasteiger partial charge in [0.2, 0.25) is 0 Å². The van der Waals surface area contributed by atoms with Gasteiger partial charge in [0.05, 0.1) is 0 Å². The first-order chi connectivity index (χ1) is 4.72. The van der Waals surface area contributed by atoms with Gasteiger partial charge in [-0.05, 0) is 0 Å². The summed E-state index contributed by atoms with van der Waals surface area (Å²) < 4.78 is 0. The van der Waals surface area contributed by atoms with Crippen LogP contribution in [0, 0.1) is 0 Å². The van der Waals surface area contributed by atoms with Crippen molar-refractivity contribution < 1.29 is 14.7 Å². The number of carboxylic acids is 1. The third-order valence-electron chi connectivity index (χ3n) is 1.29. The fourth-order valence-corrected chi connectivity index (χ4v) is 0.682. The molecule has 0 fully saturated rings. The summed E-state index contributed by atoms with van der Waals surface area (Å²) in [5.41, 5.74) is 5.22. The van der Waals surface area contributed by atoms with E-state index in [2.05, 4.69) is 9.99 Å². The minimum Gasteiger partial charge on any atom is -0.480 e. The summed E-state index contributed by atoms with van der Waals surface area (Å²) in [5, 5.41) is 11.8. The Bertz CT molecular complexity index is 160. The Morgan fingerprint density at radius 1 is 2.00 bits per heavy atom. The number of carbonyl (C=O) groups is 1. The van der Waals surface area contributed by atoms with Crippen molar-refractivity contribution in [3.63, 3.8) is 0 Å². The fraction of sp³-hybridized carbons (Fsp3) is 0.600. The molecule has 1 rings (SSSR count). The molecule has 1 heterocycles. The molecule has 0 saturated heterocycles. The van der Waals surface area contributed by atoms with Gasteiger partial charge in [0.25, 0.3) is 0 Å². The molecule has 1 aliphatic heterocycles. The van der Waals surface area contributed by atoms with Crippen LogP contribution in [0.4, 0.5) is 0 Å². The molecule has 5 nitrogen and oxygen atoms in total. The Kier molecular flexibility index (Phi) is 1.86. The molecule has 0 saturated carbocycles. The van der Waals surface area contributed by atoms with Gasteiger partial charge in [0.1, 0.15) is 6.04 Å². The normalized spacial score (nSPS) is 25.9. The van der Waals surface area contributed by atoms with Crippen molar-refractivity contribution in [2.45, 2.75) is 18.6 Å². The van der Waals surface area contributed by atoms with Gasteiger partial charge in [-0.2, -0.15) is 0 Å². The third kappa shape index (κ3) is 1.24. The molecule has 0 aliphatic carbocycles. The zero-order valence-corrected chi connectivity index (χ0v) is 5.23. The number of nitrogens with zero attached hydrogens (tertiary/aromatic N) is 1. The van der Waals surface area contributed by atoms with Gasteiger partial charge in [-0.1, -0.05) is 5.16 Å². The van der Waals surface area contributed by atoms with E-state index in [1.165, 1.54) is 6.21 Å². The number of rotatable bonds is 2. The van der Waals surface area contributed by atoms with E-state index in [0.717, 1.165) is 0 Å². The molecule has 0 radical (unpaired) electrons. The highest BCUT2D eigenvalue weighted by atomic mass is 16.6. The predicted molar refractivity (Wildman–Crippen MR) is 33.6 cm³/mol. The van der Waals surface area contributed by atoms with E-state index in [-0.39, 0.29) is 0 Å². The highest BCUT2D eigenvalue weighted by Gasteiger charge is 2.27. The number of nitrogens with two attached hydrogens (primary N) is 1. The number of oxime groups is 1. The smallest absolute Gasteiger partial charge is 0.324 e. The summed E-state index contributed by atoms with van der Waals surface area (Å²) in [6, 6.07) is -0.970. The Morgan fingerprint density at radius 2 is 2.70 bits per heavy atom. The minimum absolute atomic E-state index is 0.480. The van der Waals surface area contributed by atoms with Crippen LogP contribution in [-0.4, -0.2) is 29.4 Å². The van der Waals surface area contributed by atoms with E-state index < -0.39 is 18.1 Å². The molecule has 5 heteroatoms.